The van der Waals surface area contributed by atoms with E-state index in [9.17, 15) is 9.59 Å². The van der Waals surface area contributed by atoms with Crippen LogP contribution in [0.1, 0.15) is 37.0 Å². The molecule has 3 aromatic rings. The molecule has 7 heteroatoms. The zero-order valence-corrected chi connectivity index (χ0v) is 22.0. The molecule has 0 aromatic heterocycles. The molecule has 0 spiro atoms. The van der Waals surface area contributed by atoms with Gasteiger partial charge in [0, 0.05) is 30.5 Å². The molecule has 0 aliphatic carbocycles. The van der Waals surface area contributed by atoms with E-state index in [0.717, 1.165) is 22.4 Å². The number of nitrogens with zero attached hydrogens (tertiary/aromatic N) is 1. The molecule has 1 atom stereocenters. The van der Waals surface area contributed by atoms with E-state index in [1.165, 1.54) is 0 Å². The molecule has 1 N–H and O–H groups in total. The Morgan fingerprint density at radius 1 is 0.919 bits per heavy atom. The predicted octanol–water partition coefficient (Wildman–Crippen LogP) is 5.21. The third kappa shape index (κ3) is 7.26. The van der Waals surface area contributed by atoms with Crippen molar-refractivity contribution in [2.24, 2.45) is 0 Å². The molecule has 37 heavy (non-hydrogen) atoms. The van der Waals surface area contributed by atoms with Crippen LogP contribution in [0.5, 0.6) is 11.5 Å². The molecule has 6 nitrogen and oxygen atoms in total. The fraction of sp³-hybridized carbons (Fsp3) is 0.333. The zero-order chi connectivity index (χ0) is 26.2. The second kappa shape index (κ2) is 12.6. The maximum Gasteiger partial charge on any atom is 0.243 e. The van der Waals surface area contributed by atoms with Crippen molar-refractivity contribution in [2.45, 2.75) is 51.7 Å². The third-order valence-corrected chi connectivity index (χ3v) is 6.60. The van der Waals surface area contributed by atoms with E-state index in [2.05, 4.69) is 5.32 Å². The second-order valence-electron chi connectivity index (χ2n) is 9.46. The Balaban J connectivity index is 1.60. The molecule has 0 saturated heterocycles. The highest BCUT2D eigenvalue weighted by molar-refractivity contribution is 6.31. The summed E-state index contributed by atoms with van der Waals surface area (Å²) in [6.07, 6.45) is 1.16. The van der Waals surface area contributed by atoms with Gasteiger partial charge in [-0.05, 0) is 55.2 Å². The number of halogens is 1. The normalized spacial score (nSPS) is 13.2. The van der Waals surface area contributed by atoms with Gasteiger partial charge in [0.1, 0.15) is 19.3 Å². The smallest absolute Gasteiger partial charge is 0.243 e. The van der Waals surface area contributed by atoms with Gasteiger partial charge >= 0.3 is 0 Å². The Morgan fingerprint density at radius 3 is 2.35 bits per heavy atom. The van der Waals surface area contributed by atoms with Gasteiger partial charge in [-0.3, -0.25) is 9.59 Å². The molecule has 0 fully saturated rings. The molecule has 0 unspecified atom stereocenters. The fourth-order valence-corrected chi connectivity index (χ4v) is 4.58. The highest BCUT2D eigenvalue weighted by Crippen LogP contribution is 2.31. The summed E-state index contributed by atoms with van der Waals surface area (Å²) in [5.74, 6) is 1.12. The van der Waals surface area contributed by atoms with E-state index >= 15 is 0 Å². The first-order valence-corrected chi connectivity index (χ1v) is 13.0. The van der Waals surface area contributed by atoms with Crippen molar-refractivity contribution in [1.29, 1.82) is 0 Å². The van der Waals surface area contributed by atoms with Crippen LogP contribution < -0.4 is 14.8 Å². The Morgan fingerprint density at radius 2 is 1.62 bits per heavy atom. The van der Waals surface area contributed by atoms with Gasteiger partial charge in [0.2, 0.25) is 11.8 Å². The lowest BCUT2D eigenvalue weighted by Gasteiger charge is -2.32. The van der Waals surface area contributed by atoms with E-state index in [1.54, 1.807) is 11.0 Å². The average molecular weight is 521 g/mol. The number of fused-ring (bicyclic) bond motifs is 1. The number of hydrogen-bond acceptors (Lipinski definition) is 4. The van der Waals surface area contributed by atoms with Crippen molar-refractivity contribution < 1.29 is 19.1 Å². The van der Waals surface area contributed by atoms with Crippen LogP contribution in [-0.4, -0.2) is 42.0 Å². The first-order chi connectivity index (χ1) is 17.9. The van der Waals surface area contributed by atoms with E-state index < -0.39 is 6.04 Å². The highest BCUT2D eigenvalue weighted by Gasteiger charge is 2.31. The van der Waals surface area contributed by atoms with Crippen LogP contribution in [-0.2, 0) is 29.0 Å². The predicted molar refractivity (Wildman–Crippen MR) is 145 cm³/mol. The van der Waals surface area contributed by atoms with Crippen LogP contribution >= 0.6 is 11.6 Å². The summed E-state index contributed by atoms with van der Waals surface area (Å²) in [5.41, 5.74) is 2.75. The Labute approximate surface area is 223 Å². The van der Waals surface area contributed by atoms with Gasteiger partial charge in [-0.1, -0.05) is 66.2 Å². The van der Waals surface area contributed by atoms with Gasteiger partial charge in [-0.15, -0.1) is 0 Å². The molecule has 1 aliphatic rings. The number of carbonyl (C=O) groups is 2. The fourth-order valence-electron chi connectivity index (χ4n) is 4.38. The molecular weight excluding hydrogens is 488 g/mol. The SMILES string of the molecule is CC(C)NC(=O)[C@H](Cc1ccccc1)N(Cc1ccccc1Cl)C(=O)CCc1ccc2c(c1)OCCO2. The van der Waals surface area contributed by atoms with Crippen molar-refractivity contribution in [3.63, 3.8) is 0 Å². The van der Waals surface area contributed by atoms with E-state index in [4.69, 9.17) is 21.1 Å². The minimum atomic E-state index is -0.686. The van der Waals surface area contributed by atoms with Crippen molar-refractivity contribution in [2.75, 3.05) is 13.2 Å². The van der Waals surface area contributed by atoms with Crippen molar-refractivity contribution in [1.82, 2.24) is 10.2 Å². The molecule has 3 aromatic carbocycles. The van der Waals surface area contributed by atoms with Gasteiger partial charge in [-0.25, -0.2) is 0 Å². The van der Waals surface area contributed by atoms with E-state index in [-0.39, 0.29) is 30.8 Å². The highest BCUT2D eigenvalue weighted by atomic mass is 35.5. The molecule has 1 aliphatic heterocycles. The molecule has 0 radical (unpaired) electrons. The van der Waals surface area contributed by atoms with Gasteiger partial charge in [0.05, 0.1) is 0 Å². The van der Waals surface area contributed by atoms with Crippen LogP contribution in [0, 0.1) is 0 Å². The average Bonchev–Trinajstić information content (AvgIpc) is 2.90. The van der Waals surface area contributed by atoms with Crippen molar-refractivity contribution in [3.8, 4) is 11.5 Å². The standard InChI is InChI=1S/C30H33ClN2O4/c1-21(2)32-30(35)26(18-22-8-4-3-5-9-22)33(20-24-10-6-7-11-25(24)31)29(34)15-13-23-12-14-27-28(19-23)37-17-16-36-27/h3-12,14,19,21,26H,13,15-18,20H2,1-2H3,(H,32,35)/t26-/m0/s1. The number of hydrogen-bond donors (Lipinski definition) is 1. The monoisotopic (exact) mass is 520 g/mol. The molecule has 0 saturated carbocycles. The van der Waals surface area contributed by atoms with Crippen LogP contribution in [0.3, 0.4) is 0 Å². The number of benzene rings is 3. The summed E-state index contributed by atoms with van der Waals surface area (Å²) < 4.78 is 11.3. The van der Waals surface area contributed by atoms with Crippen molar-refractivity contribution in [3.05, 3.63) is 94.5 Å². The zero-order valence-electron chi connectivity index (χ0n) is 21.3. The van der Waals surface area contributed by atoms with Crippen LogP contribution in [0.25, 0.3) is 0 Å². The summed E-state index contributed by atoms with van der Waals surface area (Å²) >= 11 is 6.48. The first-order valence-electron chi connectivity index (χ1n) is 12.7. The number of amides is 2. The lowest BCUT2D eigenvalue weighted by atomic mass is 10.0. The van der Waals surface area contributed by atoms with Gasteiger partial charge in [0.25, 0.3) is 0 Å². The largest absolute Gasteiger partial charge is 0.486 e. The van der Waals surface area contributed by atoms with Crippen molar-refractivity contribution >= 4 is 23.4 Å². The van der Waals surface area contributed by atoms with Gasteiger partial charge in [-0.2, -0.15) is 0 Å². The second-order valence-corrected chi connectivity index (χ2v) is 9.87. The summed E-state index contributed by atoms with van der Waals surface area (Å²) in [5, 5.41) is 3.58. The lowest BCUT2D eigenvalue weighted by molar-refractivity contribution is -0.141. The van der Waals surface area contributed by atoms with Gasteiger partial charge in [0.15, 0.2) is 11.5 Å². The van der Waals surface area contributed by atoms with Crippen LogP contribution in [0.15, 0.2) is 72.8 Å². The van der Waals surface area contributed by atoms with Gasteiger partial charge < -0.3 is 19.7 Å². The van der Waals surface area contributed by atoms with Crippen LogP contribution in [0.2, 0.25) is 5.02 Å². The number of aryl methyl sites for hydroxylation is 1. The summed E-state index contributed by atoms with van der Waals surface area (Å²) in [7, 11) is 0. The summed E-state index contributed by atoms with van der Waals surface area (Å²) in [6.45, 7) is 5.11. The van der Waals surface area contributed by atoms with E-state index in [1.807, 2.05) is 80.6 Å². The van der Waals surface area contributed by atoms with Crippen LogP contribution in [0.4, 0.5) is 0 Å². The maximum atomic E-state index is 13.8. The number of rotatable bonds is 10. The first kappa shape index (κ1) is 26.6. The Kier molecular flexibility index (Phi) is 9.07. The number of carbonyl (C=O) groups excluding carboxylic acids is 2. The van der Waals surface area contributed by atoms with E-state index in [0.29, 0.717) is 36.8 Å². The molecule has 1 heterocycles. The number of ether oxygens (including phenoxy) is 2. The topological polar surface area (TPSA) is 67.9 Å². The number of nitrogens with one attached hydrogen (secondary N) is 1. The third-order valence-electron chi connectivity index (χ3n) is 6.23. The molecule has 0 bridgehead atoms. The minimum Gasteiger partial charge on any atom is -0.486 e. The Bertz CT molecular complexity index is 1220. The summed E-state index contributed by atoms with van der Waals surface area (Å²) in [6, 6.07) is 22.2. The molecule has 194 valence electrons. The maximum absolute atomic E-state index is 13.8. The molecular formula is C30H33ClN2O4. The quantitative estimate of drug-likeness (QED) is 0.398. The minimum absolute atomic E-state index is 0.0549. The lowest BCUT2D eigenvalue weighted by Crippen LogP contribution is -2.51. The molecule has 2 amide bonds. The molecule has 4 rings (SSSR count). The summed E-state index contributed by atoms with van der Waals surface area (Å²) in [4.78, 5) is 28.9. The Hall–Kier alpha value is -3.51.